The largest absolute Gasteiger partial charge is 0.354 e. The van der Waals surface area contributed by atoms with Crippen LogP contribution in [0.15, 0.2) is 73.1 Å². The fourth-order valence-corrected chi connectivity index (χ4v) is 2.91. The van der Waals surface area contributed by atoms with Crippen LogP contribution in [-0.2, 0) is 0 Å². The van der Waals surface area contributed by atoms with Crippen LogP contribution in [0.5, 0.6) is 0 Å². The summed E-state index contributed by atoms with van der Waals surface area (Å²) in [5.41, 5.74) is 2.85. The average molecular weight is 393 g/mol. The lowest BCUT2D eigenvalue weighted by Gasteiger charge is -2.09. The van der Waals surface area contributed by atoms with Gasteiger partial charge >= 0.3 is 0 Å². The molecule has 0 atom stereocenters. The van der Waals surface area contributed by atoms with Crippen molar-refractivity contribution < 1.29 is 9.18 Å². The number of benzene rings is 2. The van der Waals surface area contributed by atoms with Crippen molar-refractivity contribution in [1.29, 1.82) is 0 Å². The molecule has 0 aliphatic heterocycles. The molecule has 0 bridgehead atoms. The fraction of sp³-hybridized carbons (Fsp3) is 0. The summed E-state index contributed by atoms with van der Waals surface area (Å²) in [5.74, 6) is -0.824. The van der Waals surface area contributed by atoms with Crippen molar-refractivity contribution in [3.05, 3.63) is 89.6 Å². The topological polar surface area (TPSA) is 66.9 Å². The fourth-order valence-electron chi connectivity index (χ4n) is 2.73. The minimum absolute atomic E-state index is 0.0256. The highest BCUT2D eigenvalue weighted by Crippen LogP contribution is 2.23. The summed E-state index contributed by atoms with van der Waals surface area (Å²) < 4.78 is 13.2. The summed E-state index contributed by atoms with van der Waals surface area (Å²) in [6.07, 6.45) is 3.20. The second kappa shape index (κ2) is 7.62. The first-order chi connectivity index (χ1) is 13.6. The summed E-state index contributed by atoms with van der Waals surface area (Å²) in [6.45, 7) is 0. The highest BCUT2D eigenvalue weighted by atomic mass is 35.5. The summed E-state index contributed by atoms with van der Waals surface area (Å²) in [5, 5.41) is 6.86. The Morgan fingerprint density at radius 1 is 0.964 bits per heavy atom. The molecule has 1 amide bonds. The third kappa shape index (κ3) is 3.77. The maximum atomic E-state index is 13.2. The average Bonchev–Trinajstić information content (AvgIpc) is 2.71. The summed E-state index contributed by atoms with van der Waals surface area (Å²) in [6, 6.07) is 17.0. The molecule has 0 aliphatic rings. The van der Waals surface area contributed by atoms with Crippen molar-refractivity contribution in [3.63, 3.8) is 0 Å². The molecule has 0 spiro atoms. The number of pyridine rings is 2. The number of hydrogen-bond donors (Lipinski definition) is 2. The number of carbonyl (C=O) groups is 1. The molecule has 28 heavy (non-hydrogen) atoms. The van der Waals surface area contributed by atoms with E-state index in [0.717, 1.165) is 5.39 Å². The van der Waals surface area contributed by atoms with E-state index in [2.05, 4.69) is 20.6 Å². The van der Waals surface area contributed by atoms with Crippen LogP contribution in [0.25, 0.3) is 10.9 Å². The normalized spacial score (nSPS) is 10.6. The predicted octanol–water partition coefficient (Wildman–Crippen LogP) is 5.42. The number of carbonyl (C=O) groups excluding carboxylic acids is 1. The molecule has 2 N–H and O–H groups in total. The number of para-hydroxylation sites is 1. The molecule has 7 heteroatoms. The molecule has 0 saturated heterocycles. The Morgan fingerprint density at radius 3 is 2.57 bits per heavy atom. The van der Waals surface area contributed by atoms with E-state index in [1.54, 1.807) is 30.5 Å². The molecule has 2 aromatic carbocycles. The van der Waals surface area contributed by atoms with Gasteiger partial charge in [0, 0.05) is 17.3 Å². The SMILES string of the molecule is O=C(Nc1cccc2cccnc12)c1ccc(Nc2ccc(F)c(Cl)c2)cn1. The van der Waals surface area contributed by atoms with Gasteiger partial charge < -0.3 is 10.6 Å². The van der Waals surface area contributed by atoms with Crippen molar-refractivity contribution in [2.75, 3.05) is 10.6 Å². The lowest BCUT2D eigenvalue weighted by atomic mass is 10.2. The maximum Gasteiger partial charge on any atom is 0.274 e. The Hall–Kier alpha value is -3.51. The van der Waals surface area contributed by atoms with E-state index in [9.17, 15) is 9.18 Å². The molecule has 4 aromatic rings. The van der Waals surface area contributed by atoms with Gasteiger partial charge in [-0.2, -0.15) is 0 Å². The molecule has 0 fully saturated rings. The maximum absolute atomic E-state index is 13.2. The van der Waals surface area contributed by atoms with Crippen LogP contribution in [0, 0.1) is 5.82 Å². The van der Waals surface area contributed by atoms with Gasteiger partial charge in [0.1, 0.15) is 11.5 Å². The number of fused-ring (bicyclic) bond motifs is 1. The Labute approximate surface area is 165 Å². The molecule has 4 rings (SSSR count). The lowest BCUT2D eigenvalue weighted by Crippen LogP contribution is -2.14. The van der Waals surface area contributed by atoms with Crippen molar-refractivity contribution in [1.82, 2.24) is 9.97 Å². The Morgan fingerprint density at radius 2 is 1.79 bits per heavy atom. The minimum Gasteiger partial charge on any atom is -0.354 e. The zero-order valence-corrected chi connectivity index (χ0v) is 15.2. The quantitative estimate of drug-likeness (QED) is 0.486. The number of nitrogens with zero attached hydrogens (tertiary/aromatic N) is 2. The van der Waals surface area contributed by atoms with Crippen molar-refractivity contribution in [3.8, 4) is 0 Å². The van der Waals surface area contributed by atoms with E-state index < -0.39 is 5.82 Å². The monoisotopic (exact) mass is 392 g/mol. The van der Waals surface area contributed by atoms with E-state index in [4.69, 9.17) is 11.6 Å². The highest BCUT2D eigenvalue weighted by Gasteiger charge is 2.10. The van der Waals surface area contributed by atoms with Crippen LogP contribution in [-0.4, -0.2) is 15.9 Å². The Bertz CT molecular complexity index is 1160. The van der Waals surface area contributed by atoms with Gasteiger partial charge in [-0.3, -0.25) is 9.78 Å². The molecule has 0 unspecified atom stereocenters. The molecule has 138 valence electrons. The zero-order valence-electron chi connectivity index (χ0n) is 14.5. The third-order valence-electron chi connectivity index (χ3n) is 4.09. The molecule has 5 nitrogen and oxygen atoms in total. The first kappa shape index (κ1) is 17.9. The predicted molar refractivity (Wildman–Crippen MR) is 109 cm³/mol. The molecular weight excluding hydrogens is 379 g/mol. The number of rotatable bonds is 4. The van der Waals surface area contributed by atoms with Gasteiger partial charge in [-0.15, -0.1) is 0 Å². The number of hydrogen-bond acceptors (Lipinski definition) is 4. The molecule has 0 aliphatic carbocycles. The smallest absolute Gasteiger partial charge is 0.274 e. The number of anilines is 3. The molecule has 2 heterocycles. The van der Waals surface area contributed by atoms with Crippen LogP contribution in [0.4, 0.5) is 21.5 Å². The summed E-state index contributed by atoms with van der Waals surface area (Å²) >= 11 is 5.78. The third-order valence-corrected chi connectivity index (χ3v) is 4.37. The molecular formula is C21H14ClFN4O. The van der Waals surface area contributed by atoms with Crippen LogP contribution in [0.1, 0.15) is 10.5 Å². The van der Waals surface area contributed by atoms with Gasteiger partial charge in [0.15, 0.2) is 0 Å². The van der Waals surface area contributed by atoms with Crippen molar-refractivity contribution in [2.24, 2.45) is 0 Å². The van der Waals surface area contributed by atoms with E-state index in [1.165, 1.54) is 18.3 Å². The van der Waals surface area contributed by atoms with Crippen LogP contribution >= 0.6 is 11.6 Å². The number of halogens is 2. The molecule has 2 aromatic heterocycles. The highest BCUT2D eigenvalue weighted by molar-refractivity contribution is 6.31. The van der Waals surface area contributed by atoms with E-state index in [1.807, 2.05) is 24.3 Å². The second-order valence-corrected chi connectivity index (χ2v) is 6.43. The van der Waals surface area contributed by atoms with E-state index >= 15 is 0 Å². The van der Waals surface area contributed by atoms with Crippen LogP contribution in [0.2, 0.25) is 5.02 Å². The van der Waals surface area contributed by atoms with Gasteiger partial charge in [-0.1, -0.05) is 29.8 Å². The second-order valence-electron chi connectivity index (χ2n) is 6.02. The number of nitrogens with one attached hydrogen (secondary N) is 2. The Kier molecular flexibility index (Phi) is 4.87. The van der Waals surface area contributed by atoms with E-state index in [-0.39, 0.29) is 16.6 Å². The van der Waals surface area contributed by atoms with Crippen LogP contribution in [0.3, 0.4) is 0 Å². The summed E-state index contributed by atoms with van der Waals surface area (Å²) in [7, 11) is 0. The number of aromatic nitrogens is 2. The van der Waals surface area contributed by atoms with Gasteiger partial charge in [0.2, 0.25) is 0 Å². The molecule has 0 saturated carbocycles. The van der Waals surface area contributed by atoms with Gasteiger partial charge in [0.25, 0.3) is 5.91 Å². The standard InChI is InChI=1S/C21H14ClFN4O/c22-16-11-14(6-8-17(16)23)26-15-7-9-19(25-12-15)21(28)27-18-5-1-3-13-4-2-10-24-20(13)18/h1-12,26H,(H,27,28). The number of amides is 1. The van der Waals surface area contributed by atoms with Gasteiger partial charge in [-0.05, 0) is 42.5 Å². The first-order valence-electron chi connectivity index (χ1n) is 8.43. The van der Waals surface area contributed by atoms with Crippen molar-refractivity contribution >= 4 is 45.5 Å². The molecule has 0 radical (unpaired) electrons. The summed E-state index contributed by atoms with van der Waals surface area (Å²) in [4.78, 5) is 21.0. The van der Waals surface area contributed by atoms with E-state index in [0.29, 0.717) is 22.6 Å². The minimum atomic E-state index is -0.486. The van der Waals surface area contributed by atoms with Crippen molar-refractivity contribution in [2.45, 2.75) is 0 Å². The van der Waals surface area contributed by atoms with Gasteiger partial charge in [-0.25, -0.2) is 9.37 Å². The Balaban J connectivity index is 1.50. The zero-order chi connectivity index (χ0) is 19.5. The lowest BCUT2D eigenvalue weighted by molar-refractivity contribution is 0.102. The first-order valence-corrected chi connectivity index (χ1v) is 8.81. The van der Waals surface area contributed by atoms with Gasteiger partial charge in [0.05, 0.1) is 28.1 Å². The van der Waals surface area contributed by atoms with Crippen LogP contribution < -0.4 is 10.6 Å².